The normalized spacial score (nSPS) is 10.8. The number of aromatic nitrogens is 2. The summed E-state index contributed by atoms with van der Waals surface area (Å²) in [4.78, 5) is 4.39. The Labute approximate surface area is 157 Å². The average molecular weight is 368 g/mol. The van der Waals surface area contributed by atoms with Crippen LogP contribution in [0.4, 0.5) is 0 Å². The molecule has 1 heterocycles. The lowest BCUT2D eigenvalue weighted by Crippen LogP contribution is -1.91. The first-order valence-electron chi connectivity index (χ1n) is 8.14. The van der Waals surface area contributed by atoms with Crippen LogP contribution in [0, 0.1) is 0 Å². The van der Waals surface area contributed by atoms with Crippen molar-refractivity contribution in [3.63, 3.8) is 0 Å². The van der Waals surface area contributed by atoms with Crippen LogP contribution in [0.1, 0.15) is 11.5 Å². The molecule has 0 radical (unpaired) electrons. The lowest BCUT2D eigenvalue weighted by molar-refractivity contribution is 0.355. The predicted octanol–water partition coefficient (Wildman–Crippen LogP) is 3.94. The summed E-state index contributed by atoms with van der Waals surface area (Å²) in [6.45, 7) is 0. The van der Waals surface area contributed by atoms with Crippen molar-refractivity contribution in [3.8, 4) is 34.4 Å². The highest BCUT2D eigenvalue weighted by Gasteiger charge is 2.11. The molecule has 1 aromatic heterocycles. The maximum Gasteiger partial charge on any atom is 0.250 e. The van der Waals surface area contributed by atoms with E-state index in [9.17, 15) is 0 Å². The molecule has 0 bridgehead atoms. The summed E-state index contributed by atoms with van der Waals surface area (Å²) >= 11 is 0. The van der Waals surface area contributed by atoms with Gasteiger partial charge in [-0.25, -0.2) is 0 Å². The SMILES string of the molecule is COc1ccc(/C=C\c2nc(-c3ccc(OC)c(OC)c3)no2)cc1OC. The van der Waals surface area contributed by atoms with Crippen LogP contribution in [0.25, 0.3) is 23.5 Å². The summed E-state index contributed by atoms with van der Waals surface area (Å²) in [7, 11) is 6.36. The third-order valence-electron chi connectivity index (χ3n) is 3.91. The second-order valence-electron chi connectivity index (χ2n) is 5.47. The van der Waals surface area contributed by atoms with Crippen LogP contribution in [-0.4, -0.2) is 38.6 Å². The molecule has 0 amide bonds. The fourth-order valence-electron chi connectivity index (χ4n) is 2.52. The van der Waals surface area contributed by atoms with E-state index in [1.54, 1.807) is 46.6 Å². The van der Waals surface area contributed by atoms with Crippen LogP contribution in [0.2, 0.25) is 0 Å². The standard InChI is InChI=1S/C20H20N2O5/c1-23-15-8-5-13(11-17(15)25-3)6-10-19-21-20(22-27-19)14-7-9-16(24-2)18(12-14)26-4/h5-12H,1-4H3/b10-6-. The van der Waals surface area contributed by atoms with Gasteiger partial charge in [-0.15, -0.1) is 0 Å². The van der Waals surface area contributed by atoms with E-state index in [4.69, 9.17) is 23.5 Å². The Morgan fingerprint density at radius 3 is 2.04 bits per heavy atom. The van der Waals surface area contributed by atoms with Crippen molar-refractivity contribution in [2.45, 2.75) is 0 Å². The third-order valence-corrected chi connectivity index (χ3v) is 3.91. The summed E-state index contributed by atoms with van der Waals surface area (Å²) in [5.74, 6) is 3.40. The van der Waals surface area contributed by atoms with E-state index in [-0.39, 0.29) is 0 Å². The summed E-state index contributed by atoms with van der Waals surface area (Å²) < 4.78 is 26.4. The number of benzene rings is 2. The zero-order valence-corrected chi connectivity index (χ0v) is 15.6. The lowest BCUT2D eigenvalue weighted by Gasteiger charge is -2.07. The average Bonchev–Trinajstić information content (AvgIpc) is 3.20. The van der Waals surface area contributed by atoms with Crippen molar-refractivity contribution >= 4 is 12.2 Å². The van der Waals surface area contributed by atoms with Crippen molar-refractivity contribution in [2.24, 2.45) is 0 Å². The molecule has 140 valence electrons. The van der Waals surface area contributed by atoms with Gasteiger partial charge < -0.3 is 23.5 Å². The van der Waals surface area contributed by atoms with Gasteiger partial charge in [-0.1, -0.05) is 11.2 Å². The molecule has 0 spiro atoms. The van der Waals surface area contributed by atoms with E-state index in [1.165, 1.54) is 0 Å². The Morgan fingerprint density at radius 1 is 0.741 bits per heavy atom. The second kappa shape index (κ2) is 8.27. The Bertz CT molecular complexity index is 949. The third kappa shape index (κ3) is 4.03. The van der Waals surface area contributed by atoms with Gasteiger partial charge in [0.1, 0.15) is 0 Å². The fourth-order valence-corrected chi connectivity index (χ4v) is 2.52. The van der Waals surface area contributed by atoms with Crippen molar-refractivity contribution in [1.82, 2.24) is 10.1 Å². The molecule has 2 aromatic carbocycles. The van der Waals surface area contributed by atoms with E-state index in [0.717, 1.165) is 11.1 Å². The maximum atomic E-state index is 5.30. The van der Waals surface area contributed by atoms with Crippen LogP contribution in [0.3, 0.4) is 0 Å². The quantitative estimate of drug-likeness (QED) is 0.625. The monoisotopic (exact) mass is 368 g/mol. The van der Waals surface area contributed by atoms with E-state index in [0.29, 0.717) is 34.7 Å². The van der Waals surface area contributed by atoms with Crippen molar-refractivity contribution in [3.05, 3.63) is 47.9 Å². The van der Waals surface area contributed by atoms with E-state index >= 15 is 0 Å². The number of hydrogen-bond donors (Lipinski definition) is 0. The molecule has 7 nitrogen and oxygen atoms in total. The molecule has 0 aliphatic heterocycles. The van der Waals surface area contributed by atoms with Crippen LogP contribution < -0.4 is 18.9 Å². The van der Waals surface area contributed by atoms with Crippen LogP contribution in [0.5, 0.6) is 23.0 Å². The first kappa shape index (κ1) is 18.3. The van der Waals surface area contributed by atoms with Gasteiger partial charge in [0.05, 0.1) is 28.4 Å². The molecule has 0 atom stereocenters. The van der Waals surface area contributed by atoms with Gasteiger partial charge in [0, 0.05) is 11.6 Å². The van der Waals surface area contributed by atoms with Crippen molar-refractivity contribution in [2.75, 3.05) is 28.4 Å². The van der Waals surface area contributed by atoms with E-state index in [1.807, 2.05) is 30.3 Å². The number of ether oxygens (including phenoxy) is 4. The molecular weight excluding hydrogens is 348 g/mol. The summed E-state index contributed by atoms with van der Waals surface area (Å²) in [5.41, 5.74) is 1.68. The Kier molecular flexibility index (Phi) is 5.61. The van der Waals surface area contributed by atoms with Gasteiger partial charge in [0.25, 0.3) is 5.89 Å². The first-order chi connectivity index (χ1) is 13.2. The smallest absolute Gasteiger partial charge is 0.250 e. The number of methoxy groups -OCH3 is 4. The highest BCUT2D eigenvalue weighted by Crippen LogP contribution is 2.31. The maximum absolute atomic E-state index is 5.30. The molecule has 0 saturated heterocycles. The summed E-state index contributed by atoms with van der Waals surface area (Å²) in [5, 5.41) is 4.01. The fraction of sp³-hybridized carbons (Fsp3) is 0.200. The van der Waals surface area contributed by atoms with E-state index < -0.39 is 0 Å². The topological polar surface area (TPSA) is 75.8 Å². The second-order valence-corrected chi connectivity index (χ2v) is 5.47. The van der Waals surface area contributed by atoms with E-state index in [2.05, 4.69) is 10.1 Å². The number of nitrogens with zero attached hydrogens (tertiary/aromatic N) is 2. The summed E-state index contributed by atoms with van der Waals surface area (Å²) in [6.07, 6.45) is 3.59. The molecule has 0 unspecified atom stereocenters. The lowest BCUT2D eigenvalue weighted by atomic mass is 10.2. The molecule has 27 heavy (non-hydrogen) atoms. The highest BCUT2D eigenvalue weighted by atomic mass is 16.5. The molecular formula is C20H20N2O5. The molecule has 3 aromatic rings. The van der Waals surface area contributed by atoms with Gasteiger partial charge in [-0.3, -0.25) is 0 Å². The number of hydrogen-bond acceptors (Lipinski definition) is 7. The first-order valence-corrected chi connectivity index (χ1v) is 8.14. The molecule has 0 aliphatic carbocycles. The Balaban J connectivity index is 1.81. The minimum Gasteiger partial charge on any atom is -0.493 e. The predicted molar refractivity (Wildman–Crippen MR) is 101 cm³/mol. The molecule has 0 N–H and O–H groups in total. The molecule has 3 rings (SSSR count). The van der Waals surface area contributed by atoms with Gasteiger partial charge in [0.15, 0.2) is 23.0 Å². The van der Waals surface area contributed by atoms with Crippen LogP contribution in [-0.2, 0) is 0 Å². The van der Waals surface area contributed by atoms with Gasteiger partial charge >= 0.3 is 0 Å². The Morgan fingerprint density at radius 2 is 1.37 bits per heavy atom. The largest absolute Gasteiger partial charge is 0.493 e. The number of rotatable bonds is 7. The summed E-state index contributed by atoms with van der Waals surface area (Å²) in [6, 6.07) is 11.0. The van der Waals surface area contributed by atoms with Crippen LogP contribution in [0.15, 0.2) is 40.9 Å². The van der Waals surface area contributed by atoms with Crippen molar-refractivity contribution in [1.29, 1.82) is 0 Å². The molecule has 0 aliphatic rings. The highest BCUT2D eigenvalue weighted by molar-refractivity contribution is 5.69. The zero-order valence-electron chi connectivity index (χ0n) is 15.6. The van der Waals surface area contributed by atoms with Gasteiger partial charge in [-0.05, 0) is 42.0 Å². The molecule has 0 fully saturated rings. The Hall–Kier alpha value is -3.48. The van der Waals surface area contributed by atoms with Crippen molar-refractivity contribution < 1.29 is 23.5 Å². The zero-order chi connectivity index (χ0) is 19.2. The molecule has 7 heteroatoms. The van der Waals surface area contributed by atoms with Gasteiger partial charge in [0.2, 0.25) is 5.82 Å². The minimum absolute atomic E-state index is 0.384. The minimum atomic E-state index is 0.384. The van der Waals surface area contributed by atoms with Gasteiger partial charge in [-0.2, -0.15) is 4.98 Å². The van der Waals surface area contributed by atoms with Crippen LogP contribution >= 0.6 is 0 Å². The molecule has 0 saturated carbocycles.